The van der Waals surface area contributed by atoms with Crippen LogP contribution < -0.4 is 11.1 Å². The van der Waals surface area contributed by atoms with E-state index < -0.39 is 5.76 Å². The minimum absolute atomic E-state index is 0. The molecular formula is C18H25Cl2N3O3. The van der Waals surface area contributed by atoms with Crippen LogP contribution in [0.4, 0.5) is 0 Å². The second-order valence-electron chi connectivity index (χ2n) is 6.60. The molecule has 144 valence electrons. The van der Waals surface area contributed by atoms with E-state index in [0.717, 1.165) is 38.9 Å². The zero-order valence-corrected chi connectivity index (χ0v) is 16.4. The van der Waals surface area contributed by atoms with Crippen molar-refractivity contribution in [2.45, 2.75) is 32.2 Å². The number of rotatable bonds is 6. The van der Waals surface area contributed by atoms with E-state index in [-0.39, 0.29) is 18.3 Å². The second kappa shape index (κ2) is 9.44. The van der Waals surface area contributed by atoms with E-state index in [1.54, 1.807) is 18.2 Å². The predicted molar refractivity (Wildman–Crippen MR) is 105 cm³/mol. The van der Waals surface area contributed by atoms with Crippen molar-refractivity contribution in [3.05, 3.63) is 33.8 Å². The molecule has 2 aromatic rings. The summed E-state index contributed by atoms with van der Waals surface area (Å²) in [4.78, 5) is 26.4. The minimum Gasteiger partial charge on any atom is -0.408 e. The third-order valence-electron chi connectivity index (χ3n) is 4.95. The lowest BCUT2D eigenvalue weighted by atomic mass is 9.93. The molecule has 0 spiro atoms. The molecule has 1 aromatic carbocycles. The number of amides is 1. The Kier molecular flexibility index (Phi) is 7.55. The van der Waals surface area contributed by atoms with Gasteiger partial charge in [0.1, 0.15) is 0 Å². The fourth-order valence-corrected chi connectivity index (χ4v) is 3.60. The molecule has 0 aliphatic carbocycles. The number of nitrogens with one attached hydrogen (secondary N) is 1. The van der Waals surface area contributed by atoms with Crippen LogP contribution in [-0.2, 0) is 11.3 Å². The predicted octanol–water partition coefficient (Wildman–Crippen LogP) is 2.91. The van der Waals surface area contributed by atoms with E-state index >= 15 is 0 Å². The quantitative estimate of drug-likeness (QED) is 0.807. The lowest BCUT2D eigenvalue weighted by Gasteiger charge is -2.32. The number of hydrogen-bond acceptors (Lipinski definition) is 4. The number of piperidine rings is 1. The summed E-state index contributed by atoms with van der Waals surface area (Å²) in [5.41, 5.74) is 1.13. The van der Waals surface area contributed by atoms with Gasteiger partial charge in [-0.25, -0.2) is 4.79 Å². The number of aromatic nitrogens is 1. The van der Waals surface area contributed by atoms with Crippen molar-refractivity contribution in [1.29, 1.82) is 0 Å². The number of likely N-dealkylation sites (tertiary alicyclic amines) is 1. The number of carbonyl (C=O) groups excluding carboxylic acids is 1. The van der Waals surface area contributed by atoms with Gasteiger partial charge in [-0.15, -0.1) is 12.4 Å². The van der Waals surface area contributed by atoms with Crippen LogP contribution in [0.1, 0.15) is 25.7 Å². The first kappa shape index (κ1) is 20.8. The Labute approximate surface area is 163 Å². The summed E-state index contributed by atoms with van der Waals surface area (Å²) in [6.07, 6.45) is 3.58. The molecule has 0 radical (unpaired) electrons. The zero-order chi connectivity index (χ0) is 17.8. The third-order valence-corrected chi connectivity index (χ3v) is 5.18. The summed E-state index contributed by atoms with van der Waals surface area (Å²) in [6.45, 7) is 2.97. The number of nitrogens with zero attached hydrogens (tertiary/aromatic N) is 2. The molecular weight excluding hydrogens is 377 g/mol. The molecule has 0 bridgehead atoms. The zero-order valence-electron chi connectivity index (χ0n) is 14.9. The van der Waals surface area contributed by atoms with Crippen molar-refractivity contribution in [3.8, 4) is 0 Å². The average Bonchev–Trinajstić information content (AvgIpc) is 2.92. The molecule has 0 unspecified atom stereocenters. The van der Waals surface area contributed by atoms with Crippen molar-refractivity contribution in [2.75, 3.05) is 26.7 Å². The highest BCUT2D eigenvalue weighted by atomic mass is 35.5. The number of carbonyl (C=O) groups is 1. The van der Waals surface area contributed by atoms with Crippen LogP contribution in [0.25, 0.3) is 11.1 Å². The molecule has 1 aliphatic rings. The monoisotopic (exact) mass is 401 g/mol. The topological polar surface area (TPSA) is 67.5 Å². The average molecular weight is 402 g/mol. The summed E-state index contributed by atoms with van der Waals surface area (Å²) in [6, 6.07) is 5.08. The van der Waals surface area contributed by atoms with Crippen LogP contribution in [0.3, 0.4) is 0 Å². The molecule has 1 aromatic heterocycles. The summed E-state index contributed by atoms with van der Waals surface area (Å²) in [5.74, 6) is 0.347. The van der Waals surface area contributed by atoms with Gasteiger partial charge in [0.2, 0.25) is 5.91 Å². The van der Waals surface area contributed by atoms with Gasteiger partial charge in [-0.1, -0.05) is 11.6 Å². The van der Waals surface area contributed by atoms with Gasteiger partial charge in [-0.3, -0.25) is 9.36 Å². The smallest absolute Gasteiger partial charge is 0.408 e. The van der Waals surface area contributed by atoms with Gasteiger partial charge in [0, 0.05) is 37.1 Å². The summed E-state index contributed by atoms with van der Waals surface area (Å²) >= 11 is 5.92. The Morgan fingerprint density at radius 1 is 1.35 bits per heavy atom. The van der Waals surface area contributed by atoms with Crippen molar-refractivity contribution in [2.24, 2.45) is 5.92 Å². The van der Waals surface area contributed by atoms with E-state index in [0.29, 0.717) is 35.0 Å². The molecule has 1 amide bonds. The van der Waals surface area contributed by atoms with Crippen LogP contribution >= 0.6 is 24.0 Å². The highest BCUT2D eigenvalue weighted by molar-refractivity contribution is 6.31. The standard InChI is InChI=1S/C18H24ClN3O3.ClH/c1-20-8-4-13-5-9-21(10-6-13)17(23)7-11-22-15-3-2-14(19)12-16(15)25-18(22)24;/h2-3,12-13,20H,4-11H2,1H3;1H. The van der Waals surface area contributed by atoms with E-state index in [1.165, 1.54) is 4.57 Å². The minimum atomic E-state index is -0.448. The SMILES string of the molecule is CNCCC1CCN(C(=O)CCn2c(=O)oc3cc(Cl)ccc32)CC1.Cl. The van der Waals surface area contributed by atoms with Crippen LogP contribution in [0.5, 0.6) is 0 Å². The molecule has 0 atom stereocenters. The summed E-state index contributed by atoms with van der Waals surface area (Å²) < 4.78 is 6.70. The fourth-order valence-electron chi connectivity index (χ4n) is 3.44. The van der Waals surface area contributed by atoms with Crippen LogP contribution in [0.15, 0.2) is 27.4 Å². The molecule has 1 aliphatic heterocycles. The van der Waals surface area contributed by atoms with Crippen molar-refractivity contribution >= 4 is 41.0 Å². The van der Waals surface area contributed by atoms with Crippen LogP contribution in [0.2, 0.25) is 5.02 Å². The number of halogens is 2. The van der Waals surface area contributed by atoms with Gasteiger partial charge in [0.05, 0.1) is 5.52 Å². The summed E-state index contributed by atoms with van der Waals surface area (Å²) in [7, 11) is 1.97. The molecule has 1 saturated heterocycles. The molecule has 6 nitrogen and oxygen atoms in total. The third kappa shape index (κ3) is 4.81. The maximum absolute atomic E-state index is 12.5. The molecule has 0 saturated carbocycles. The number of aryl methyl sites for hydroxylation is 1. The molecule has 1 fully saturated rings. The van der Waals surface area contributed by atoms with E-state index in [1.807, 2.05) is 11.9 Å². The van der Waals surface area contributed by atoms with Crippen LogP contribution in [-0.4, -0.2) is 42.1 Å². The van der Waals surface area contributed by atoms with Gasteiger partial charge in [-0.2, -0.15) is 0 Å². The normalized spacial score (nSPS) is 15.2. The maximum Gasteiger partial charge on any atom is 0.419 e. The lowest BCUT2D eigenvalue weighted by molar-refractivity contribution is -0.132. The van der Waals surface area contributed by atoms with E-state index in [4.69, 9.17) is 16.0 Å². The number of fused-ring (bicyclic) bond motifs is 1. The lowest BCUT2D eigenvalue weighted by Crippen LogP contribution is -2.39. The first-order valence-electron chi connectivity index (χ1n) is 8.79. The Morgan fingerprint density at radius 3 is 2.77 bits per heavy atom. The highest BCUT2D eigenvalue weighted by Gasteiger charge is 2.22. The van der Waals surface area contributed by atoms with Crippen molar-refractivity contribution < 1.29 is 9.21 Å². The van der Waals surface area contributed by atoms with E-state index in [9.17, 15) is 9.59 Å². The number of benzene rings is 1. The number of hydrogen-bond donors (Lipinski definition) is 1. The largest absolute Gasteiger partial charge is 0.419 e. The van der Waals surface area contributed by atoms with Crippen molar-refractivity contribution in [3.63, 3.8) is 0 Å². The molecule has 26 heavy (non-hydrogen) atoms. The van der Waals surface area contributed by atoms with Gasteiger partial charge < -0.3 is 14.6 Å². The molecule has 8 heteroatoms. The summed E-state index contributed by atoms with van der Waals surface area (Å²) in [5, 5.41) is 3.70. The Hall–Kier alpha value is -1.50. The molecule has 2 heterocycles. The molecule has 1 N–H and O–H groups in total. The van der Waals surface area contributed by atoms with Crippen LogP contribution in [0, 0.1) is 5.92 Å². The maximum atomic E-state index is 12.5. The highest BCUT2D eigenvalue weighted by Crippen LogP contribution is 2.21. The first-order chi connectivity index (χ1) is 12.1. The van der Waals surface area contributed by atoms with Gasteiger partial charge in [-0.05, 0) is 50.9 Å². The Morgan fingerprint density at radius 2 is 2.08 bits per heavy atom. The van der Waals surface area contributed by atoms with E-state index in [2.05, 4.69) is 5.32 Å². The Balaban J connectivity index is 0.00000243. The van der Waals surface area contributed by atoms with Gasteiger partial charge >= 0.3 is 5.76 Å². The first-order valence-corrected chi connectivity index (χ1v) is 9.17. The Bertz CT molecular complexity index is 795. The van der Waals surface area contributed by atoms with Gasteiger partial charge in [0.15, 0.2) is 5.58 Å². The number of oxazole rings is 1. The molecule has 3 rings (SSSR count). The second-order valence-corrected chi connectivity index (χ2v) is 7.03. The van der Waals surface area contributed by atoms with Gasteiger partial charge in [0.25, 0.3) is 0 Å². The fraction of sp³-hybridized carbons (Fsp3) is 0.556. The van der Waals surface area contributed by atoms with Crippen molar-refractivity contribution in [1.82, 2.24) is 14.8 Å².